The highest BCUT2D eigenvalue weighted by molar-refractivity contribution is 7.89. The van der Waals surface area contributed by atoms with Crippen molar-refractivity contribution in [1.82, 2.24) is 10.0 Å². The topological polar surface area (TPSA) is 93.5 Å². The summed E-state index contributed by atoms with van der Waals surface area (Å²) in [4.78, 5) is 0. The van der Waals surface area contributed by atoms with Crippen LogP contribution in [0.3, 0.4) is 0 Å². The molecular formula is C23H30ClN3O3S. The molecule has 0 saturated heterocycles. The van der Waals surface area contributed by atoms with E-state index in [-0.39, 0.29) is 36.9 Å². The fourth-order valence-electron chi connectivity index (χ4n) is 4.79. The van der Waals surface area contributed by atoms with Crippen LogP contribution in [0.5, 0.6) is 5.75 Å². The molecule has 1 fully saturated rings. The number of ether oxygens (including phenoxy) is 1. The minimum Gasteiger partial charge on any atom is -0.492 e. The fraction of sp³-hybridized carbons (Fsp3) is 0.478. The van der Waals surface area contributed by atoms with Crippen LogP contribution in [0.15, 0.2) is 42.5 Å². The third-order valence-electron chi connectivity index (χ3n) is 6.47. The average Bonchev–Trinajstić information content (AvgIpc) is 2.72. The lowest BCUT2D eigenvalue weighted by Crippen LogP contribution is -2.49. The molecule has 8 heteroatoms. The quantitative estimate of drug-likeness (QED) is 0.497. The van der Waals surface area contributed by atoms with Crippen LogP contribution in [-0.2, 0) is 21.9 Å². The number of nitrogens with two attached hydrogens (primary N) is 1. The molecule has 168 valence electrons. The van der Waals surface area contributed by atoms with E-state index >= 15 is 0 Å². The number of nitrogens with one attached hydrogen (secondary N) is 2. The summed E-state index contributed by atoms with van der Waals surface area (Å²) in [5, 5.41) is 4.52. The molecule has 2 aliphatic rings. The fourth-order valence-corrected chi connectivity index (χ4v) is 5.77. The number of sulfonamides is 1. The van der Waals surface area contributed by atoms with E-state index in [2.05, 4.69) is 34.3 Å². The van der Waals surface area contributed by atoms with Gasteiger partial charge >= 0.3 is 0 Å². The maximum absolute atomic E-state index is 11.7. The summed E-state index contributed by atoms with van der Waals surface area (Å²) in [6.45, 7) is 1.54. The van der Waals surface area contributed by atoms with Crippen molar-refractivity contribution in [2.45, 2.75) is 37.1 Å². The van der Waals surface area contributed by atoms with Gasteiger partial charge in [0.25, 0.3) is 0 Å². The van der Waals surface area contributed by atoms with Gasteiger partial charge in [-0.3, -0.25) is 0 Å². The van der Waals surface area contributed by atoms with Crippen molar-refractivity contribution >= 4 is 21.6 Å². The zero-order chi connectivity index (χ0) is 21.9. The zero-order valence-corrected chi connectivity index (χ0v) is 19.1. The lowest BCUT2D eigenvalue weighted by molar-refractivity contribution is 0.164. The summed E-state index contributed by atoms with van der Waals surface area (Å²) in [5.74, 6) is 0.683. The van der Waals surface area contributed by atoms with E-state index in [0.29, 0.717) is 0 Å². The Morgan fingerprint density at radius 1 is 1.19 bits per heavy atom. The largest absolute Gasteiger partial charge is 0.492 e. The van der Waals surface area contributed by atoms with Crippen LogP contribution in [0, 0.1) is 0 Å². The summed E-state index contributed by atoms with van der Waals surface area (Å²) in [7, 11) is -3.33. The van der Waals surface area contributed by atoms with Crippen molar-refractivity contribution in [3.05, 3.63) is 64.2 Å². The van der Waals surface area contributed by atoms with Crippen molar-refractivity contribution in [1.29, 1.82) is 0 Å². The molecule has 1 saturated carbocycles. The van der Waals surface area contributed by atoms with Crippen LogP contribution in [0.25, 0.3) is 0 Å². The summed E-state index contributed by atoms with van der Waals surface area (Å²) in [6, 6.07) is 14.7. The molecule has 0 radical (unpaired) electrons. The standard InChI is InChI=1S/C23H30ClN3O3S/c24-19-5-3-18(4-6-19)23(9-1-10-23)22-21-16-20(7-2-17(21)8-12-26-22)30-14-13-27-31(28,29)15-11-25/h2-7,16,22,26-27H,1,8-15,25H2/t22-/m1/s1. The first-order valence-electron chi connectivity index (χ1n) is 10.9. The van der Waals surface area contributed by atoms with Crippen molar-refractivity contribution in [2.24, 2.45) is 5.73 Å². The van der Waals surface area contributed by atoms with Gasteiger partial charge in [0.15, 0.2) is 0 Å². The number of halogens is 1. The Kier molecular flexibility index (Phi) is 6.89. The van der Waals surface area contributed by atoms with Crippen LogP contribution >= 0.6 is 11.6 Å². The molecule has 6 nitrogen and oxygen atoms in total. The Morgan fingerprint density at radius 3 is 2.65 bits per heavy atom. The summed E-state index contributed by atoms with van der Waals surface area (Å²) in [6.07, 6.45) is 4.48. The number of rotatable bonds is 9. The van der Waals surface area contributed by atoms with Gasteiger partial charge in [-0.25, -0.2) is 13.1 Å². The van der Waals surface area contributed by atoms with Gasteiger partial charge in [0.05, 0.1) is 5.75 Å². The molecular weight excluding hydrogens is 434 g/mol. The summed E-state index contributed by atoms with van der Waals surface area (Å²) < 4.78 is 31.8. The van der Waals surface area contributed by atoms with Crippen molar-refractivity contribution in [3.8, 4) is 5.75 Å². The first-order chi connectivity index (χ1) is 14.9. The predicted octanol–water partition coefficient (Wildman–Crippen LogP) is 2.91. The van der Waals surface area contributed by atoms with Crippen LogP contribution in [0.1, 0.15) is 42.0 Å². The van der Waals surface area contributed by atoms with Crippen LogP contribution in [-0.4, -0.2) is 40.4 Å². The summed E-state index contributed by atoms with van der Waals surface area (Å²) >= 11 is 6.14. The number of benzene rings is 2. The van der Waals surface area contributed by atoms with Gasteiger partial charge in [0.1, 0.15) is 12.4 Å². The van der Waals surface area contributed by atoms with Crippen molar-refractivity contribution < 1.29 is 13.2 Å². The first-order valence-corrected chi connectivity index (χ1v) is 12.9. The van der Waals surface area contributed by atoms with Gasteiger partial charge in [-0.2, -0.15) is 0 Å². The van der Waals surface area contributed by atoms with Gasteiger partial charge < -0.3 is 15.8 Å². The third-order valence-corrected chi connectivity index (χ3v) is 8.14. The number of hydrogen-bond acceptors (Lipinski definition) is 5. The molecule has 1 aliphatic carbocycles. The summed E-state index contributed by atoms with van der Waals surface area (Å²) in [5.41, 5.74) is 9.35. The van der Waals surface area contributed by atoms with Crippen LogP contribution < -0.4 is 20.5 Å². The van der Waals surface area contributed by atoms with Crippen LogP contribution in [0.4, 0.5) is 0 Å². The lowest BCUT2D eigenvalue weighted by atomic mass is 9.58. The Balaban J connectivity index is 1.51. The SMILES string of the molecule is NCCS(=O)(=O)NCCOc1ccc2c(c1)[C@H](C1(c3ccc(Cl)cc3)CCC1)NCC2. The molecule has 4 N–H and O–H groups in total. The second-order valence-corrected chi connectivity index (χ2v) is 10.7. The molecule has 2 aromatic rings. The molecule has 0 unspecified atom stereocenters. The van der Waals surface area contributed by atoms with Crippen molar-refractivity contribution in [3.63, 3.8) is 0 Å². The molecule has 1 heterocycles. The highest BCUT2D eigenvalue weighted by Gasteiger charge is 2.47. The molecule has 4 rings (SSSR count). The second kappa shape index (κ2) is 9.46. The van der Waals surface area contributed by atoms with E-state index in [9.17, 15) is 8.42 Å². The maximum atomic E-state index is 11.7. The van der Waals surface area contributed by atoms with E-state index in [4.69, 9.17) is 22.1 Å². The van der Waals surface area contributed by atoms with Gasteiger partial charge in [0, 0.05) is 29.6 Å². The number of fused-ring (bicyclic) bond motifs is 1. The maximum Gasteiger partial charge on any atom is 0.212 e. The van der Waals surface area contributed by atoms with Crippen molar-refractivity contribution in [2.75, 3.05) is 32.0 Å². The molecule has 2 aromatic carbocycles. The Labute approximate surface area is 189 Å². The third kappa shape index (κ3) is 4.91. The molecule has 1 atom stereocenters. The smallest absolute Gasteiger partial charge is 0.212 e. The molecule has 0 aromatic heterocycles. The van der Waals surface area contributed by atoms with E-state index in [1.165, 1.54) is 23.1 Å². The Morgan fingerprint density at radius 2 is 1.97 bits per heavy atom. The van der Waals surface area contributed by atoms with Gasteiger partial charge in [-0.15, -0.1) is 0 Å². The lowest BCUT2D eigenvalue weighted by Gasteiger charge is -2.50. The molecule has 0 amide bonds. The van der Waals surface area contributed by atoms with E-state index in [1.807, 2.05) is 18.2 Å². The predicted molar refractivity (Wildman–Crippen MR) is 124 cm³/mol. The van der Waals surface area contributed by atoms with Gasteiger partial charge in [0.2, 0.25) is 10.0 Å². The monoisotopic (exact) mass is 463 g/mol. The van der Waals surface area contributed by atoms with E-state index < -0.39 is 10.0 Å². The average molecular weight is 464 g/mol. The normalized spacial score (nSPS) is 20.0. The Hall–Kier alpha value is -1.64. The number of hydrogen-bond donors (Lipinski definition) is 3. The Bertz CT molecular complexity index is 1010. The van der Waals surface area contributed by atoms with Crippen LogP contribution in [0.2, 0.25) is 5.02 Å². The first kappa shape index (κ1) is 22.6. The molecule has 1 aliphatic heterocycles. The van der Waals surface area contributed by atoms with Gasteiger partial charge in [-0.1, -0.05) is 36.2 Å². The highest BCUT2D eigenvalue weighted by Crippen LogP contribution is 2.53. The molecule has 0 bridgehead atoms. The molecule has 31 heavy (non-hydrogen) atoms. The van der Waals surface area contributed by atoms with E-state index in [1.54, 1.807) is 0 Å². The zero-order valence-electron chi connectivity index (χ0n) is 17.6. The molecule has 0 spiro atoms. The second-order valence-electron chi connectivity index (χ2n) is 8.36. The van der Waals surface area contributed by atoms with E-state index in [0.717, 1.165) is 36.6 Å². The minimum atomic E-state index is -3.33. The minimum absolute atomic E-state index is 0.0657. The highest BCUT2D eigenvalue weighted by atomic mass is 35.5. The van der Waals surface area contributed by atoms with Gasteiger partial charge in [-0.05, 0) is 66.8 Å².